The predicted octanol–water partition coefficient (Wildman–Crippen LogP) is 4.97. The number of hydrogen-bond acceptors (Lipinski definition) is 5. The Labute approximate surface area is 219 Å². The summed E-state index contributed by atoms with van der Waals surface area (Å²) in [5, 5.41) is 3.48. The molecule has 2 aliphatic rings. The monoisotopic (exact) mass is 504 g/mol. The Hall–Kier alpha value is -2.93. The van der Waals surface area contributed by atoms with Crippen LogP contribution in [-0.2, 0) is 29.7 Å². The molecule has 1 aromatic carbocycles. The number of ether oxygens (including phenoxy) is 1. The largest absolute Gasteiger partial charge is 0.461 e. The molecule has 0 amide bonds. The first-order valence-electron chi connectivity index (χ1n) is 13.8. The maximum absolute atomic E-state index is 13.1. The quantitative estimate of drug-likeness (QED) is 0.417. The van der Waals surface area contributed by atoms with Gasteiger partial charge in [-0.05, 0) is 87.5 Å². The summed E-state index contributed by atoms with van der Waals surface area (Å²) in [6.07, 6.45) is 7.26. The number of imidazole rings is 1. The minimum atomic E-state index is -0.315. The third kappa shape index (κ3) is 5.52. The lowest BCUT2D eigenvalue weighted by Gasteiger charge is -2.25. The Kier molecular flexibility index (Phi) is 7.26. The Morgan fingerprint density at radius 2 is 2.00 bits per heavy atom. The standard InChI is InChI=1S/C30H40N4O3/c1-6-34-27-10-7-20(13-25(27)32-28(34)23-12-19(4)29(35)33(5)17-23)16-31-26(11-18(2)3)30(36)37-24-9-8-21-14-22(21)15-24/h7,10,12-13,17-18,21-22,24,26,31H,6,8-9,11,14-16H2,1-5H3. The fourth-order valence-corrected chi connectivity index (χ4v) is 5.96. The second kappa shape index (κ2) is 10.4. The van der Waals surface area contributed by atoms with Crippen molar-refractivity contribution in [2.24, 2.45) is 24.8 Å². The van der Waals surface area contributed by atoms with E-state index in [0.29, 0.717) is 18.0 Å². The highest BCUT2D eigenvalue weighted by molar-refractivity contribution is 5.81. The van der Waals surface area contributed by atoms with Gasteiger partial charge in [-0.3, -0.25) is 9.59 Å². The van der Waals surface area contributed by atoms with Crippen molar-refractivity contribution in [2.75, 3.05) is 0 Å². The topological polar surface area (TPSA) is 78.2 Å². The summed E-state index contributed by atoms with van der Waals surface area (Å²) in [6.45, 7) is 9.57. The summed E-state index contributed by atoms with van der Waals surface area (Å²) in [6, 6.07) is 7.90. The molecule has 37 heavy (non-hydrogen) atoms. The van der Waals surface area contributed by atoms with Crippen LogP contribution in [0.3, 0.4) is 0 Å². The van der Waals surface area contributed by atoms with Crippen LogP contribution in [0.5, 0.6) is 0 Å². The zero-order valence-electron chi connectivity index (χ0n) is 22.8. The molecule has 1 N–H and O–H groups in total. The lowest BCUT2D eigenvalue weighted by Crippen LogP contribution is -2.40. The average Bonchev–Trinajstić information content (AvgIpc) is 3.54. The number of carbonyl (C=O) groups is 1. The molecular weight excluding hydrogens is 464 g/mol. The smallest absolute Gasteiger partial charge is 0.323 e. The zero-order valence-corrected chi connectivity index (χ0v) is 22.8. The van der Waals surface area contributed by atoms with Crippen LogP contribution in [0.15, 0.2) is 35.3 Å². The molecule has 0 aliphatic heterocycles. The number of aromatic nitrogens is 3. The van der Waals surface area contributed by atoms with Gasteiger partial charge in [0.25, 0.3) is 5.56 Å². The van der Waals surface area contributed by atoms with Crippen LogP contribution in [0.1, 0.15) is 64.0 Å². The molecule has 0 radical (unpaired) electrons. The summed E-state index contributed by atoms with van der Waals surface area (Å²) in [5.74, 6) is 2.81. The second-order valence-corrected chi connectivity index (χ2v) is 11.5. The molecule has 7 nitrogen and oxygen atoms in total. The van der Waals surface area contributed by atoms with E-state index >= 15 is 0 Å². The summed E-state index contributed by atoms with van der Waals surface area (Å²) < 4.78 is 9.77. The van der Waals surface area contributed by atoms with Gasteiger partial charge in [0, 0.05) is 37.5 Å². The number of nitrogens with zero attached hydrogens (tertiary/aromatic N) is 3. The fourth-order valence-electron chi connectivity index (χ4n) is 5.96. The van der Waals surface area contributed by atoms with Crippen molar-refractivity contribution in [3.63, 3.8) is 0 Å². The molecule has 3 aromatic rings. The maximum atomic E-state index is 13.1. The van der Waals surface area contributed by atoms with Crippen molar-refractivity contribution in [1.29, 1.82) is 0 Å². The summed E-state index contributed by atoms with van der Waals surface area (Å²) in [4.78, 5) is 30.2. The predicted molar refractivity (Wildman–Crippen MR) is 146 cm³/mol. The number of hydrogen-bond donors (Lipinski definition) is 1. The van der Waals surface area contributed by atoms with Gasteiger partial charge in [0.2, 0.25) is 0 Å². The first-order valence-corrected chi connectivity index (χ1v) is 13.8. The zero-order chi connectivity index (χ0) is 26.3. The highest BCUT2D eigenvalue weighted by Crippen LogP contribution is 2.50. The third-order valence-corrected chi connectivity index (χ3v) is 8.07. The van der Waals surface area contributed by atoms with Gasteiger partial charge < -0.3 is 19.2 Å². The molecule has 4 atom stereocenters. The lowest BCUT2D eigenvalue weighted by atomic mass is 9.97. The van der Waals surface area contributed by atoms with Crippen LogP contribution in [0.25, 0.3) is 22.4 Å². The van der Waals surface area contributed by atoms with E-state index in [0.717, 1.165) is 65.6 Å². The maximum Gasteiger partial charge on any atom is 0.323 e. The van der Waals surface area contributed by atoms with E-state index in [4.69, 9.17) is 9.72 Å². The van der Waals surface area contributed by atoms with Gasteiger partial charge in [-0.2, -0.15) is 0 Å². The highest BCUT2D eigenvalue weighted by Gasteiger charge is 2.43. The van der Waals surface area contributed by atoms with Crippen LogP contribution in [0, 0.1) is 24.7 Å². The van der Waals surface area contributed by atoms with Crippen molar-refractivity contribution >= 4 is 17.0 Å². The van der Waals surface area contributed by atoms with Gasteiger partial charge in [-0.15, -0.1) is 0 Å². The molecule has 4 unspecified atom stereocenters. The van der Waals surface area contributed by atoms with E-state index in [1.165, 1.54) is 12.8 Å². The molecule has 198 valence electrons. The first-order chi connectivity index (χ1) is 17.7. The fraction of sp³-hybridized carbons (Fsp3) is 0.567. The number of aryl methyl sites for hydroxylation is 3. The van der Waals surface area contributed by atoms with E-state index in [-0.39, 0.29) is 23.7 Å². The number of pyridine rings is 1. The summed E-state index contributed by atoms with van der Waals surface area (Å²) in [5.41, 5.74) is 4.68. The van der Waals surface area contributed by atoms with E-state index < -0.39 is 0 Å². The minimum absolute atomic E-state index is 0.00553. The molecule has 7 heteroatoms. The normalized spacial score (nSPS) is 21.7. The van der Waals surface area contributed by atoms with Crippen LogP contribution >= 0.6 is 0 Å². The third-order valence-electron chi connectivity index (χ3n) is 8.07. The van der Waals surface area contributed by atoms with E-state index in [2.05, 4.69) is 48.9 Å². The Bertz CT molecular complexity index is 1330. The van der Waals surface area contributed by atoms with Crippen molar-refractivity contribution in [2.45, 2.75) is 85.0 Å². The van der Waals surface area contributed by atoms with E-state index in [1.807, 2.05) is 19.2 Å². The summed E-state index contributed by atoms with van der Waals surface area (Å²) in [7, 11) is 1.77. The van der Waals surface area contributed by atoms with E-state index in [1.54, 1.807) is 11.6 Å². The van der Waals surface area contributed by atoms with Gasteiger partial charge in [0.1, 0.15) is 18.0 Å². The van der Waals surface area contributed by atoms with Crippen molar-refractivity contribution in [3.05, 3.63) is 51.9 Å². The Morgan fingerprint density at radius 3 is 2.70 bits per heavy atom. The van der Waals surface area contributed by atoms with Crippen LogP contribution < -0.4 is 10.9 Å². The molecular formula is C30H40N4O3. The van der Waals surface area contributed by atoms with Crippen molar-refractivity contribution in [1.82, 2.24) is 19.4 Å². The Morgan fingerprint density at radius 1 is 1.19 bits per heavy atom. The minimum Gasteiger partial charge on any atom is -0.461 e. The Balaban J connectivity index is 1.33. The number of nitrogens with one attached hydrogen (secondary N) is 1. The van der Waals surface area contributed by atoms with Crippen LogP contribution in [0.4, 0.5) is 0 Å². The number of benzene rings is 1. The second-order valence-electron chi connectivity index (χ2n) is 11.5. The van der Waals surface area contributed by atoms with Crippen LogP contribution in [0.2, 0.25) is 0 Å². The molecule has 0 spiro atoms. The molecule has 2 aromatic heterocycles. The van der Waals surface area contributed by atoms with Gasteiger partial charge in [0.15, 0.2) is 0 Å². The molecule has 2 fully saturated rings. The number of rotatable bonds is 9. The number of carbonyl (C=O) groups excluding carboxylic acids is 1. The van der Waals surface area contributed by atoms with E-state index in [9.17, 15) is 9.59 Å². The van der Waals surface area contributed by atoms with Crippen LogP contribution in [-0.4, -0.2) is 32.2 Å². The molecule has 2 heterocycles. The van der Waals surface area contributed by atoms with Gasteiger partial charge in [-0.1, -0.05) is 19.9 Å². The number of esters is 1. The average molecular weight is 505 g/mol. The van der Waals surface area contributed by atoms with Gasteiger partial charge in [0.05, 0.1) is 11.0 Å². The molecule has 5 rings (SSSR count). The van der Waals surface area contributed by atoms with Gasteiger partial charge in [-0.25, -0.2) is 4.98 Å². The van der Waals surface area contributed by atoms with Crippen molar-refractivity contribution < 1.29 is 9.53 Å². The van der Waals surface area contributed by atoms with Gasteiger partial charge >= 0.3 is 5.97 Å². The molecule has 0 bridgehead atoms. The molecule has 2 aliphatic carbocycles. The lowest BCUT2D eigenvalue weighted by molar-refractivity contribution is -0.153. The molecule has 0 saturated heterocycles. The highest BCUT2D eigenvalue weighted by atomic mass is 16.5. The SMILES string of the molecule is CCn1c(-c2cc(C)c(=O)n(C)c2)nc2cc(CNC(CC(C)C)C(=O)OC3CCC4CC4C3)ccc21. The first kappa shape index (κ1) is 25.7. The molecule has 2 saturated carbocycles. The number of fused-ring (bicyclic) bond motifs is 2. The van der Waals surface area contributed by atoms with Crippen molar-refractivity contribution in [3.8, 4) is 11.4 Å². The summed E-state index contributed by atoms with van der Waals surface area (Å²) >= 11 is 0.